The second-order valence-corrected chi connectivity index (χ2v) is 7.09. The molecule has 1 N–H and O–H groups in total. The molecule has 0 radical (unpaired) electrons. The van der Waals surface area contributed by atoms with Gasteiger partial charge < -0.3 is 14.4 Å². The van der Waals surface area contributed by atoms with Crippen molar-refractivity contribution < 1.29 is 9.84 Å². The van der Waals surface area contributed by atoms with E-state index in [1.165, 1.54) is 0 Å². The number of methoxy groups -OCH3 is 1. The zero-order valence-corrected chi connectivity index (χ0v) is 15.7. The van der Waals surface area contributed by atoms with Gasteiger partial charge in [-0.2, -0.15) is 0 Å². The van der Waals surface area contributed by atoms with Gasteiger partial charge in [0.25, 0.3) is 0 Å². The predicted molar refractivity (Wildman–Crippen MR) is 105 cm³/mol. The van der Waals surface area contributed by atoms with Crippen LogP contribution in [-0.4, -0.2) is 45.4 Å². The second-order valence-electron chi connectivity index (χ2n) is 6.72. The Hall–Kier alpha value is -2.15. The lowest BCUT2D eigenvalue weighted by Gasteiger charge is -2.29. The molecule has 0 saturated carbocycles. The number of aliphatic hydroxyl groups excluding tert-OH is 1. The van der Waals surface area contributed by atoms with Crippen molar-refractivity contribution in [1.29, 1.82) is 0 Å². The maximum atomic E-state index is 9.75. The van der Waals surface area contributed by atoms with Crippen LogP contribution >= 0.6 is 12.2 Å². The summed E-state index contributed by atoms with van der Waals surface area (Å²) in [5.41, 5.74) is 3.25. The third-order valence-electron chi connectivity index (χ3n) is 5.06. The van der Waals surface area contributed by atoms with Crippen LogP contribution in [0.5, 0.6) is 5.75 Å². The van der Waals surface area contributed by atoms with Crippen LogP contribution in [0.1, 0.15) is 12.8 Å². The first-order valence-corrected chi connectivity index (χ1v) is 9.33. The third-order valence-corrected chi connectivity index (χ3v) is 5.47. The standard InChI is InChI=1S/C20H23N3O2S/c1-25-17-8-6-15(7-9-17)23-19-5-3-2-4-18(19)22(20(23)26)14-21-12-10-16(24)11-13-21/h2-9,16,24H,10-14H2,1H3. The number of aliphatic hydroxyl groups is 1. The average molecular weight is 369 g/mol. The van der Waals surface area contributed by atoms with Gasteiger partial charge in [-0.3, -0.25) is 9.47 Å². The molecule has 136 valence electrons. The van der Waals surface area contributed by atoms with Crippen molar-refractivity contribution in [1.82, 2.24) is 14.0 Å². The molecule has 0 atom stereocenters. The summed E-state index contributed by atoms with van der Waals surface area (Å²) in [6, 6.07) is 16.3. The van der Waals surface area contributed by atoms with Gasteiger partial charge in [-0.25, -0.2) is 0 Å². The van der Waals surface area contributed by atoms with Crippen LogP contribution in [0.4, 0.5) is 0 Å². The van der Waals surface area contributed by atoms with E-state index in [9.17, 15) is 5.11 Å². The Morgan fingerprint density at radius 1 is 1.04 bits per heavy atom. The maximum Gasteiger partial charge on any atom is 0.186 e. The van der Waals surface area contributed by atoms with Crippen LogP contribution in [0.15, 0.2) is 48.5 Å². The fraction of sp³-hybridized carbons (Fsp3) is 0.350. The van der Waals surface area contributed by atoms with Gasteiger partial charge in [0.2, 0.25) is 0 Å². The first-order chi connectivity index (χ1) is 12.7. The maximum absolute atomic E-state index is 9.75. The lowest BCUT2D eigenvalue weighted by atomic mass is 10.1. The molecule has 2 aromatic carbocycles. The van der Waals surface area contributed by atoms with E-state index in [-0.39, 0.29) is 6.10 Å². The Kier molecular flexibility index (Phi) is 4.80. The van der Waals surface area contributed by atoms with Crippen LogP contribution in [0.2, 0.25) is 0 Å². The number of benzene rings is 2. The van der Waals surface area contributed by atoms with Crippen molar-refractivity contribution in [3.63, 3.8) is 0 Å². The number of ether oxygens (including phenoxy) is 1. The average Bonchev–Trinajstić information content (AvgIpc) is 2.95. The quantitative estimate of drug-likeness (QED) is 0.714. The summed E-state index contributed by atoms with van der Waals surface area (Å²) in [6.45, 7) is 2.53. The highest BCUT2D eigenvalue weighted by Crippen LogP contribution is 2.25. The number of para-hydroxylation sites is 2. The van der Waals surface area contributed by atoms with Crippen molar-refractivity contribution in [3.05, 3.63) is 53.3 Å². The van der Waals surface area contributed by atoms with Gasteiger partial charge in [0.1, 0.15) is 5.75 Å². The number of fused-ring (bicyclic) bond motifs is 1. The summed E-state index contributed by atoms with van der Waals surface area (Å²) in [4.78, 5) is 2.35. The molecule has 0 unspecified atom stereocenters. The number of rotatable bonds is 4. The number of likely N-dealkylation sites (tertiary alicyclic amines) is 1. The highest BCUT2D eigenvalue weighted by atomic mass is 32.1. The number of piperidine rings is 1. The summed E-state index contributed by atoms with van der Waals surface area (Å²) < 4.78 is 10.4. The van der Waals surface area contributed by atoms with Crippen molar-refractivity contribution >= 4 is 23.3 Å². The molecule has 5 nitrogen and oxygen atoms in total. The molecule has 26 heavy (non-hydrogen) atoms. The number of hydrogen-bond donors (Lipinski definition) is 1. The normalized spacial score (nSPS) is 16.2. The molecule has 1 fully saturated rings. The minimum atomic E-state index is -0.167. The summed E-state index contributed by atoms with van der Waals surface area (Å²) in [5.74, 6) is 0.830. The van der Waals surface area contributed by atoms with Gasteiger partial charge in [0, 0.05) is 18.8 Å². The number of hydrogen-bond acceptors (Lipinski definition) is 4. The van der Waals surface area contributed by atoms with E-state index < -0.39 is 0 Å². The Bertz CT molecular complexity index is 953. The van der Waals surface area contributed by atoms with Crippen LogP contribution in [0.3, 0.4) is 0 Å². The van der Waals surface area contributed by atoms with Gasteiger partial charge >= 0.3 is 0 Å². The Labute approximate surface area is 158 Å². The molecule has 1 saturated heterocycles. The van der Waals surface area contributed by atoms with Crippen LogP contribution in [0, 0.1) is 4.77 Å². The van der Waals surface area contributed by atoms with Gasteiger partial charge in [0.05, 0.1) is 30.9 Å². The topological polar surface area (TPSA) is 42.6 Å². The molecule has 0 spiro atoms. The van der Waals surface area contributed by atoms with E-state index in [4.69, 9.17) is 17.0 Å². The third kappa shape index (κ3) is 3.16. The Balaban J connectivity index is 1.76. The van der Waals surface area contributed by atoms with Gasteiger partial charge in [-0.15, -0.1) is 0 Å². The first-order valence-electron chi connectivity index (χ1n) is 8.92. The zero-order valence-electron chi connectivity index (χ0n) is 14.8. The molecule has 0 bridgehead atoms. The van der Waals surface area contributed by atoms with Crippen molar-refractivity contribution in [2.75, 3.05) is 20.2 Å². The number of imidazole rings is 1. The molecule has 6 heteroatoms. The Morgan fingerprint density at radius 3 is 2.35 bits per heavy atom. The SMILES string of the molecule is COc1ccc(-n2c(=S)n(CN3CCC(O)CC3)c3ccccc32)cc1. The van der Waals surface area contributed by atoms with Crippen LogP contribution in [0.25, 0.3) is 16.7 Å². The molecule has 0 amide bonds. The minimum Gasteiger partial charge on any atom is -0.497 e. The van der Waals surface area contributed by atoms with E-state index in [1.54, 1.807) is 7.11 Å². The van der Waals surface area contributed by atoms with Crippen molar-refractivity contribution in [3.8, 4) is 11.4 Å². The van der Waals surface area contributed by atoms with Crippen LogP contribution in [-0.2, 0) is 6.67 Å². The van der Waals surface area contributed by atoms with Crippen molar-refractivity contribution in [2.45, 2.75) is 25.6 Å². The van der Waals surface area contributed by atoms with E-state index in [0.29, 0.717) is 0 Å². The van der Waals surface area contributed by atoms with E-state index in [1.807, 2.05) is 36.4 Å². The molecular formula is C20H23N3O2S. The lowest BCUT2D eigenvalue weighted by Crippen LogP contribution is -2.37. The number of aromatic nitrogens is 2. The highest BCUT2D eigenvalue weighted by molar-refractivity contribution is 7.71. The van der Waals surface area contributed by atoms with E-state index in [0.717, 1.165) is 59.8 Å². The minimum absolute atomic E-state index is 0.167. The zero-order chi connectivity index (χ0) is 18.1. The second kappa shape index (κ2) is 7.23. The van der Waals surface area contributed by atoms with Crippen molar-refractivity contribution in [2.24, 2.45) is 0 Å². The summed E-state index contributed by atoms with van der Waals surface area (Å²) in [5, 5.41) is 9.75. The van der Waals surface area contributed by atoms with Gasteiger partial charge in [-0.05, 0) is 61.5 Å². The van der Waals surface area contributed by atoms with Crippen LogP contribution < -0.4 is 4.74 Å². The monoisotopic (exact) mass is 369 g/mol. The first kappa shape index (κ1) is 17.3. The molecule has 2 heterocycles. The summed E-state index contributed by atoms with van der Waals surface area (Å²) in [6.07, 6.45) is 1.48. The molecule has 3 aromatic rings. The fourth-order valence-electron chi connectivity index (χ4n) is 3.59. The summed E-state index contributed by atoms with van der Waals surface area (Å²) >= 11 is 5.85. The predicted octanol–water partition coefficient (Wildman–Crippen LogP) is 3.58. The summed E-state index contributed by atoms with van der Waals surface area (Å²) in [7, 11) is 1.67. The number of nitrogens with zero attached hydrogens (tertiary/aromatic N) is 3. The fourth-order valence-corrected chi connectivity index (χ4v) is 3.95. The molecular weight excluding hydrogens is 346 g/mol. The lowest BCUT2D eigenvalue weighted by molar-refractivity contribution is 0.0684. The van der Waals surface area contributed by atoms with Gasteiger partial charge in [0.15, 0.2) is 4.77 Å². The molecule has 4 rings (SSSR count). The van der Waals surface area contributed by atoms with E-state index in [2.05, 4.69) is 26.2 Å². The van der Waals surface area contributed by atoms with E-state index >= 15 is 0 Å². The molecule has 1 aliphatic rings. The smallest absolute Gasteiger partial charge is 0.186 e. The highest BCUT2D eigenvalue weighted by Gasteiger charge is 2.19. The molecule has 1 aliphatic heterocycles. The molecule has 1 aromatic heterocycles. The largest absolute Gasteiger partial charge is 0.497 e. The Morgan fingerprint density at radius 2 is 1.69 bits per heavy atom. The van der Waals surface area contributed by atoms with Gasteiger partial charge in [-0.1, -0.05) is 12.1 Å². The molecule has 0 aliphatic carbocycles.